The predicted octanol–water partition coefficient (Wildman–Crippen LogP) is 17.2. The van der Waals surface area contributed by atoms with Crippen LogP contribution in [0.4, 0.5) is 0 Å². The number of amides is 1. The number of allylic oxidation sites excluding steroid dienone is 3. The zero-order chi connectivity index (χ0) is 58.2. The van der Waals surface area contributed by atoms with Gasteiger partial charge in [-0.15, -0.1) is 0 Å². The molecule has 1 fully saturated rings. The van der Waals surface area contributed by atoms with Crippen molar-refractivity contribution in [3.8, 4) is 0 Å². The van der Waals surface area contributed by atoms with E-state index in [1.165, 1.54) is 238 Å². The van der Waals surface area contributed by atoms with Crippen molar-refractivity contribution < 1.29 is 49.3 Å². The van der Waals surface area contributed by atoms with Crippen LogP contribution in [0.1, 0.15) is 342 Å². The van der Waals surface area contributed by atoms with Gasteiger partial charge in [0.2, 0.25) is 5.91 Å². The number of unbranched alkanes of at least 4 members (excludes halogenated alkanes) is 44. The number of aliphatic hydroxyl groups is 5. The normalized spacial score (nSPS) is 18.8. The molecular weight excluding hydrogens is 1000 g/mol. The number of hydrogen-bond donors (Lipinski definition) is 6. The third kappa shape index (κ3) is 44.6. The first kappa shape index (κ1) is 76.2. The average molecular weight is 1130 g/mol. The minimum Gasteiger partial charge on any atom is -0.454 e. The van der Waals surface area contributed by atoms with Crippen LogP contribution in [0.25, 0.3) is 0 Å². The summed E-state index contributed by atoms with van der Waals surface area (Å²) in [5.74, 6) is -1.18. The van der Waals surface area contributed by atoms with Crippen LogP contribution in [0, 0.1) is 0 Å². The molecule has 0 aromatic rings. The zero-order valence-corrected chi connectivity index (χ0v) is 52.5. The number of hydrogen-bond acceptors (Lipinski definition) is 10. The number of ether oxygens (including phenoxy) is 3. The summed E-state index contributed by atoms with van der Waals surface area (Å²) in [6.07, 6.45) is 58.1. The molecule has 1 amide bonds. The molecule has 0 aromatic carbocycles. The highest BCUT2D eigenvalue weighted by Gasteiger charge is 2.47. The van der Waals surface area contributed by atoms with E-state index >= 15 is 0 Å². The van der Waals surface area contributed by atoms with Crippen molar-refractivity contribution in [3.05, 3.63) is 24.3 Å². The highest BCUT2D eigenvalue weighted by molar-refractivity contribution is 5.80. The SMILES string of the molecule is CCCCCCCC/C=C/CCCCCCCCCCCCCCCCCCCC(=O)OC1C(OCC(NC(=O)C(O)CCCCCCCCCCCCCCC)C(O)/C=C/CCCCCCCCCCC)OC(CO)C(O)C1O. The Morgan fingerprint density at radius 1 is 0.475 bits per heavy atom. The molecule has 8 atom stereocenters. The molecule has 0 spiro atoms. The van der Waals surface area contributed by atoms with E-state index in [0.29, 0.717) is 19.3 Å². The maximum absolute atomic E-state index is 13.4. The third-order valence-electron chi connectivity index (χ3n) is 16.6. The Bertz CT molecular complexity index is 1400. The van der Waals surface area contributed by atoms with Gasteiger partial charge >= 0.3 is 5.97 Å². The summed E-state index contributed by atoms with van der Waals surface area (Å²) in [6.45, 7) is 5.82. The number of nitrogens with one attached hydrogen (secondary N) is 1. The molecule has 1 rings (SSSR count). The van der Waals surface area contributed by atoms with Crippen LogP contribution in [0.3, 0.4) is 0 Å². The van der Waals surface area contributed by atoms with Gasteiger partial charge in [0, 0.05) is 6.42 Å². The molecule has 6 N–H and O–H groups in total. The van der Waals surface area contributed by atoms with Crippen LogP contribution in [0.15, 0.2) is 24.3 Å². The first-order valence-electron chi connectivity index (χ1n) is 34.6. The minimum atomic E-state index is -1.61. The topological polar surface area (TPSA) is 175 Å². The van der Waals surface area contributed by atoms with Crippen LogP contribution in [0.5, 0.6) is 0 Å². The van der Waals surface area contributed by atoms with Gasteiger partial charge in [0.05, 0.1) is 25.4 Å². The zero-order valence-electron chi connectivity index (χ0n) is 52.5. The maximum Gasteiger partial charge on any atom is 0.306 e. The van der Waals surface area contributed by atoms with Gasteiger partial charge in [0.25, 0.3) is 0 Å². The second kappa shape index (κ2) is 57.6. The number of esters is 1. The van der Waals surface area contributed by atoms with E-state index in [1.54, 1.807) is 6.08 Å². The van der Waals surface area contributed by atoms with E-state index in [9.17, 15) is 35.1 Å². The Morgan fingerprint density at radius 2 is 0.825 bits per heavy atom. The molecule has 0 aliphatic carbocycles. The molecular formula is C69H131NO10. The molecule has 1 aliphatic heterocycles. The quantitative estimate of drug-likeness (QED) is 0.0195. The van der Waals surface area contributed by atoms with Crippen LogP contribution >= 0.6 is 0 Å². The van der Waals surface area contributed by atoms with Crippen LogP contribution < -0.4 is 5.32 Å². The number of carbonyl (C=O) groups is 2. The van der Waals surface area contributed by atoms with Crippen molar-refractivity contribution in [3.63, 3.8) is 0 Å². The second-order valence-electron chi connectivity index (χ2n) is 24.3. The van der Waals surface area contributed by atoms with Gasteiger partial charge in [-0.25, -0.2) is 0 Å². The average Bonchev–Trinajstić information content (AvgIpc) is 3.46. The number of rotatable bonds is 60. The molecule has 472 valence electrons. The molecule has 0 aromatic heterocycles. The molecule has 1 heterocycles. The van der Waals surface area contributed by atoms with Crippen molar-refractivity contribution in [1.82, 2.24) is 5.32 Å². The molecule has 80 heavy (non-hydrogen) atoms. The fourth-order valence-corrected chi connectivity index (χ4v) is 11.1. The molecule has 0 bridgehead atoms. The van der Waals surface area contributed by atoms with Gasteiger partial charge in [-0.05, 0) is 51.4 Å². The number of aliphatic hydroxyl groups excluding tert-OH is 5. The minimum absolute atomic E-state index is 0.130. The summed E-state index contributed by atoms with van der Waals surface area (Å²) in [7, 11) is 0. The van der Waals surface area contributed by atoms with Crippen molar-refractivity contribution in [2.75, 3.05) is 13.2 Å². The maximum atomic E-state index is 13.4. The Labute approximate surface area is 492 Å². The fraction of sp³-hybridized carbons (Fsp3) is 0.913. The van der Waals surface area contributed by atoms with Gasteiger partial charge in [-0.1, -0.05) is 308 Å². The highest BCUT2D eigenvalue weighted by atomic mass is 16.7. The van der Waals surface area contributed by atoms with Crippen LogP contribution in [-0.2, 0) is 23.8 Å². The molecule has 0 radical (unpaired) electrons. The summed E-state index contributed by atoms with van der Waals surface area (Å²) in [5, 5.41) is 57.0. The Kier molecular flexibility index (Phi) is 54.8. The lowest BCUT2D eigenvalue weighted by molar-refractivity contribution is -0.305. The largest absolute Gasteiger partial charge is 0.454 e. The third-order valence-corrected chi connectivity index (χ3v) is 16.6. The van der Waals surface area contributed by atoms with Gasteiger partial charge in [0.15, 0.2) is 12.4 Å². The standard InChI is InChI=1S/C69H131NO10/c1-4-7-10-13-16-19-22-24-25-26-27-28-29-30-31-32-33-34-35-36-37-39-42-45-48-51-54-57-64(74)80-67-66(76)65(75)63(58-71)79-69(67)78-59-60(61(72)55-52-49-46-43-40-21-18-15-12-9-6-3)70-68(77)62(73)56-53-50-47-44-41-38-23-20-17-14-11-8-5-2/h24-25,52,55,60-63,65-67,69,71-73,75-76H,4-23,26-51,53-54,56-59H2,1-3H3,(H,70,77)/b25-24+,55-52+. The van der Waals surface area contributed by atoms with Crippen molar-refractivity contribution in [2.45, 2.75) is 391 Å². The van der Waals surface area contributed by atoms with E-state index in [4.69, 9.17) is 14.2 Å². The lowest BCUT2D eigenvalue weighted by atomic mass is 9.99. The van der Waals surface area contributed by atoms with Gasteiger partial charge in [-0.3, -0.25) is 9.59 Å². The summed E-state index contributed by atoms with van der Waals surface area (Å²) in [4.78, 5) is 26.6. The first-order chi connectivity index (χ1) is 39.2. The van der Waals surface area contributed by atoms with Crippen LogP contribution in [-0.4, -0.2) is 99.6 Å². The van der Waals surface area contributed by atoms with Gasteiger partial charge in [-0.2, -0.15) is 0 Å². The predicted molar refractivity (Wildman–Crippen MR) is 334 cm³/mol. The highest BCUT2D eigenvalue weighted by Crippen LogP contribution is 2.26. The smallest absolute Gasteiger partial charge is 0.306 e. The molecule has 11 nitrogen and oxygen atoms in total. The molecule has 0 saturated carbocycles. The van der Waals surface area contributed by atoms with Gasteiger partial charge in [0.1, 0.15) is 24.4 Å². The van der Waals surface area contributed by atoms with Crippen molar-refractivity contribution in [1.29, 1.82) is 0 Å². The van der Waals surface area contributed by atoms with E-state index in [-0.39, 0.29) is 13.0 Å². The van der Waals surface area contributed by atoms with Crippen molar-refractivity contribution >= 4 is 11.9 Å². The Morgan fingerprint density at radius 3 is 1.21 bits per heavy atom. The summed E-state index contributed by atoms with van der Waals surface area (Å²) < 4.78 is 17.7. The lowest BCUT2D eigenvalue weighted by Gasteiger charge is -2.41. The van der Waals surface area contributed by atoms with Crippen molar-refractivity contribution in [2.24, 2.45) is 0 Å². The summed E-state index contributed by atoms with van der Waals surface area (Å²) in [5.41, 5.74) is 0. The summed E-state index contributed by atoms with van der Waals surface area (Å²) >= 11 is 0. The van der Waals surface area contributed by atoms with E-state index in [1.807, 2.05) is 6.08 Å². The molecule has 11 heteroatoms. The van der Waals surface area contributed by atoms with Gasteiger partial charge < -0.3 is 45.1 Å². The Balaban J connectivity index is 2.50. The van der Waals surface area contributed by atoms with E-state index in [0.717, 1.165) is 57.8 Å². The Hall–Kier alpha value is -1.86. The monoisotopic (exact) mass is 1130 g/mol. The second-order valence-corrected chi connectivity index (χ2v) is 24.3. The summed E-state index contributed by atoms with van der Waals surface area (Å²) in [6, 6.07) is -1.02. The molecule has 8 unspecified atom stereocenters. The van der Waals surface area contributed by atoms with E-state index < -0.39 is 67.4 Å². The first-order valence-corrected chi connectivity index (χ1v) is 34.6. The molecule has 1 aliphatic rings. The molecule has 1 saturated heterocycles. The fourth-order valence-electron chi connectivity index (χ4n) is 11.1. The van der Waals surface area contributed by atoms with E-state index in [2.05, 4.69) is 38.2 Å². The lowest BCUT2D eigenvalue weighted by Crippen LogP contribution is -2.61. The van der Waals surface area contributed by atoms with Crippen LogP contribution in [0.2, 0.25) is 0 Å². The number of carbonyl (C=O) groups excluding carboxylic acids is 2.